The average molecular weight is 398 g/mol. The Bertz CT molecular complexity index is 831. The molecular weight excluding hydrogens is 366 g/mol. The molecule has 29 heavy (non-hydrogen) atoms. The number of nitrogens with zero attached hydrogens (tertiary/aromatic N) is 3. The van der Waals surface area contributed by atoms with Gasteiger partial charge < -0.3 is 20.3 Å². The largest absolute Gasteiger partial charge is 0.466 e. The monoisotopic (exact) mass is 397 g/mol. The third-order valence-corrected chi connectivity index (χ3v) is 5.03. The summed E-state index contributed by atoms with van der Waals surface area (Å²) in [4.78, 5) is 23.5. The van der Waals surface area contributed by atoms with Crippen molar-refractivity contribution < 1.29 is 9.53 Å². The van der Waals surface area contributed by atoms with Crippen LogP contribution in [0, 0.1) is 5.92 Å². The van der Waals surface area contributed by atoms with E-state index in [2.05, 4.69) is 39.6 Å². The molecule has 1 aliphatic rings. The summed E-state index contributed by atoms with van der Waals surface area (Å²) in [5, 5.41) is 7.84. The van der Waals surface area contributed by atoms with Gasteiger partial charge in [0.2, 0.25) is 0 Å². The molecule has 3 rings (SSSR count). The number of hydrogen-bond acceptors (Lipinski definition) is 5. The van der Waals surface area contributed by atoms with E-state index >= 15 is 0 Å². The quantitative estimate of drug-likeness (QED) is 0.324. The molecule has 7 nitrogen and oxygen atoms in total. The predicted molar refractivity (Wildman–Crippen MR) is 117 cm³/mol. The molecule has 1 aromatic carbocycles. The number of likely N-dealkylation sites (tertiary alicyclic amines) is 1. The van der Waals surface area contributed by atoms with Crippen molar-refractivity contribution in [3.05, 3.63) is 36.4 Å². The van der Waals surface area contributed by atoms with Gasteiger partial charge in [-0.15, -0.1) is 0 Å². The van der Waals surface area contributed by atoms with Crippen LogP contribution in [-0.4, -0.2) is 61.1 Å². The van der Waals surface area contributed by atoms with Crippen molar-refractivity contribution in [1.29, 1.82) is 0 Å². The lowest BCUT2D eigenvalue weighted by atomic mass is 9.97. The van der Waals surface area contributed by atoms with E-state index in [1.54, 1.807) is 0 Å². The molecule has 0 spiro atoms. The van der Waals surface area contributed by atoms with Gasteiger partial charge >= 0.3 is 5.97 Å². The first-order chi connectivity index (χ1) is 14.2. The number of nitrogens with one attached hydrogen (secondary N) is 2. The van der Waals surface area contributed by atoms with E-state index in [9.17, 15) is 4.79 Å². The van der Waals surface area contributed by atoms with E-state index in [0.717, 1.165) is 55.2 Å². The van der Waals surface area contributed by atoms with Crippen LogP contribution < -0.4 is 10.6 Å². The summed E-state index contributed by atoms with van der Waals surface area (Å²) in [7, 11) is 0. The highest BCUT2D eigenvalue weighted by molar-refractivity contribution is 5.81. The van der Waals surface area contributed by atoms with Gasteiger partial charge in [-0.3, -0.25) is 9.79 Å². The van der Waals surface area contributed by atoms with Crippen molar-refractivity contribution in [2.24, 2.45) is 10.9 Å². The van der Waals surface area contributed by atoms with Gasteiger partial charge in [0, 0.05) is 31.6 Å². The topological polar surface area (TPSA) is 78.9 Å². The second-order valence-electron chi connectivity index (χ2n) is 7.06. The van der Waals surface area contributed by atoms with Crippen LogP contribution >= 0.6 is 0 Å². The fraction of sp³-hybridized carbons (Fsp3) is 0.500. The molecule has 1 saturated heterocycles. The molecule has 156 valence electrons. The number of hydrogen-bond donors (Lipinski definition) is 2. The second kappa shape index (κ2) is 10.6. The number of aliphatic imine (C=N–C) groups is 1. The smallest absolute Gasteiger partial charge is 0.309 e. The minimum atomic E-state index is -0.0684. The van der Waals surface area contributed by atoms with Crippen LogP contribution in [0.15, 0.2) is 41.4 Å². The van der Waals surface area contributed by atoms with Crippen LogP contribution in [-0.2, 0) is 9.53 Å². The van der Waals surface area contributed by atoms with Crippen molar-refractivity contribution in [3.8, 4) is 0 Å². The van der Waals surface area contributed by atoms with Crippen molar-refractivity contribution in [3.63, 3.8) is 0 Å². The molecule has 0 saturated carbocycles. The van der Waals surface area contributed by atoms with Crippen LogP contribution in [0.3, 0.4) is 0 Å². The number of esters is 1. The summed E-state index contributed by atoms with van der Waals surface area (Å²) in [5.41, 5.74) is 0.985. The number of piperidine rings is 1. The molecule has 1 aromatic heterocycles. The van der Waals surface area contributed by atoms with E-state index in [-0.39, 0.29) is 11.9 Å². The Hall–Kier alpha value is -2.83. The first-order valence-electron chi connectivity index (χ1n) is 10.5. The maximum absolute atomic E-state index is 11.9. The molecule has 0 unspecified atom stereocenters. The number of pyridine rings is 1. The van der Waals surface area contributed by atoms with E-state index in [0.29, 0.717) is 19.7 Å². The number of carbonyl (C=O) groups is 1. The Morgan fingerprint density at radius 3 is 2.76 bits per heavy atom. The molecule has 0 atom stereocenters. The summed E-state index contributed by atoms with van der Waals surface area (Å²) in [6, 6.07) is 12.2. The van der Waals surface area contributed by atoms with Gasteiger partial charge in [-0.05, 0) is 44.9 Å². The normalized spacial score (nSPS) is 15.4. The third-order valence-electron chi connectivity index (χ3n) is 5.03. The Morgan fingerprint density at radius 1 is 1.21 bits per heavy atom. The van der Waals surface area contributed by atoms with Gasteiger partial charge in [-0.1, -0.05) is 18.2 Å². The lowest BCUT2D eigenvalue weighted by molar-refractivity contribution is -0.149. The van der Waals surface area contributed by atoms with E-state index in [1.807, 2.05) is 31.2 Å². The van der Waals surface area contributed by atoms with Gasteiger partial charge in [-0.2, -0.15) is 0 Å². The summed E-state index contributed by atoms with van der Waals surface area (Å²) < 4.78 is 5.16. The van der Waals surface area contributed by atoms with Gasteiger partial charge in [-0.25, -0.2) is 4.98 Å². The van der Waals surface area contributed by atoms with Crippen molar-refractivity contribution in [2.75, 3.05) is 44.6 Å². The van der Waals surface area contributed by atoms with E-state index in [4.69, 9.17) is 9.73 Å². The first kappa shape index (κ1) is 20.9. The molecule has 7 heteroatoms. The van der Waals surface area contributed by atoms with Crippen LogP contribution in [0.1, 0.15) is 26.7 Å². The van der Waals surface area contributed by atoms with Crippen LogP contribution in [0.2, 0.25) is 0 Å². The summed E-state index contributed by atoms with van der Waals surface area (Å²) >= 11 is 0. The first-order valence-corrected chi connectivity index (χ1v) is 10.5. The minimum Gasteiger partial charge on any atom is -0.466 e. The molecule has 2 aromatic rings. The highest BCUT2D eigenvalue weighted by Gasteiger charge is 2.27. The third kappa shape index (κ3) is 5.82. The maximum atomic E-state index is 11.9. The summed E-state index contributed by atoms with van der Waals surface area (Å²) in [5.74, 6) is 1.71. The second-order valence-corrected chi connectivity index (χ2v) is 7.06. The number of aromatic nitrogens is 1. The number of benzene rings is 1. The van der Waals surface area contributed by atoms with E-state index < -0.39 is 0 Å². The Balaban J connectivity index is 1.50. The Labute approximate surface area is 172 Å². The maximum Gasteiger partial charge on any atom is 0.309 e. The number of anilines is 1. The summed E-state index contributed by atoms with van der Waals surface area (Å²) in [6.07, 6.45) is 1.62. The van der Waals surface area contributed by atoms with Crippen LogP contribution in [0.25, 0.3) is 10.9 Å². The molecule has 2 heterocycles. The fourth-order valence-electron chi connectivity index (χ4n) is 3.52. The standard InChI is InChI=1S/C22H31N5O2/c1-3-23-22(27-15-11-18(12-16-27)21(28)29-4-2)25-14-13-24-20-10-9-17-7-5-6-8-19(17)26-20/h5-10,18H,3-4,11-16H2,1-2H3,(H,23,25)(H,24,26). The lowest BCUT2D eigenvalue weighted by Crippen LogP contribution is -2.47. The number of fused-ring (bicyclic) bond motifs is 1. The lowest BCUT2D eigenvalue weighted by Gasteiger charge is -2.33. The highest BCUT2D eigenvalue weighted by atomic mass is 16.5. The highest BCUT2D eigenvalue weighted by Crippen LogP contribution is 2.19. The molecule has 0 bridgehead atoms. The zero-order valence-electron chi connectivity index (χ0n) is 17.4. The summed E-state index contributed by atoms with van der Waals surface area (Å²) in [6.45, 7) is 8.17. The average Bonchev–Trinajstić information content (AvgIpc) is 2.76. The molecule has 0 radical (unpaired) electrons. The van der Waals surface area contributed by atoms with Crippen molar-refractivity contribution in [2.45, 2.75) is 26.7 Å². The number of carbonyl (C=O) groups excluding carboxylic acids is 1. The molecule has 1 aliphatic heterocycles. The molecular formula is C22H31N5O2. The number of guanidine groups is 1. The minimum absolute atomic E-state index is 0.00900. The van der Waals surface area contributed by atoms with Crippen LogP contribution in [0.5, 0.6) is 0 Å². The van der Waals surface area contributed by atoms with Crippen molar-refractivity contribution in [1.82, 2.24) is 15.2 Å². The molecule has 0 aliphatic carbocycles. The van der Waals surface area contributed by atoms with Gasteiger partial charge in [0.25, 0.3) is 0 Å². The fourth-order valence-corrected chi connectivity index (χ4v) is 3.52. The molecule has 1 fully saturated rings. The van der Waals surface area contributed by atoms with Crippen molar-refractivity contribution >= 4 is 28.6 Å². The zero-order chi connectivity index (χ0) is 20.5. The number of ether oxygens (including phenoxy) is 1. The van der Waals surface area contributed by atoms with E-state index in [1.165, 1.54) is 0 Å². The molecule has 0 amide bonds. The predicted octanol–water partition coefficient (Wildman–Crippen LogP) is 2.89. The number of para-hydroxylation sites is 1. The SMILES string of the molecule is CCNC(=NCCNc1ccc2ccccc2n1)N1CCC(C(=O)OCC)CC1. The van der Waals surface area contributed by atoms with Gasteiger partial charge in [0.15, 0.2) is 5.96 Å². The zero-order valence-corrected chi connectivity index (χ0v) is 17.4. The van der Waals surface area contributed by atoms with Gasteiger partial charge in [0.05, 0.1) is 24.6 Å². The molecule has 2 N–H and O–H groups in total. The van der Waals surface area contributed by atoms with Gasteiger partial charge in [0.1, 0.15) is 5.82 Å². The number of rotatable bonds is 7. The Morgan fingerprint density at radius 2 is 2.00 bits per heavy atom. The van der Waals surface area contributed by atoms with Crippen LogP contribution in [0.4, 0.5) is 5.82 Å². The Kier molecular flexibility index (Phi) is 7.67.